The van der Waals surface area contributed by atoms with E-state index in [0.717, 1.165) is 0 Å². The van der Waals surface area contributed by atoms with Gasteiger partial charge in [0, 0.05) is 27.1 Å². The molecule has 0 amide bonds. The number of carboxylic acids is 2. The number of hydrogen-bond donors (Lipinski definition) is 2. The quantitative estimate of drug-likeness (QED) is 0.608. The van der Waals surface area contributed by atoms with Crippen molar-refractivity contribution in [2.75, 3.05) is 20.4 Å². The van der Waals surface area contributed by atoms with E-state index in [0.29, 0.717) is 0 Å². The van der Waals surface area contributed by atoms with Crippen LogP contribution in [0.4, 0.5) is 0 Å². The van der Waals surface area contributed by atoms with E-state index in [1.807, 2.05) is 0 Å². The number of aliphatic carboxylic acids is 2. The highest BCUT2D eigenvalue weighted by Gasteiger charge is 2.28. The molecule has 0 fully saturated rings. The van der Waals surface area contributed by atoms with E-state index < -0.39 is 25.5 Å². The Kier molecular flexibility index (Phi) is 7.03. The van der Waals surface area contributed by atoms with Gasteiger partial charge in [0.05, 0.1) is 6.16 Å². The summed E-state index contributed by atoms with van der Waals surface area (Å²) in [6, 6.07) is 0. The fourth-order valence-corrected chi connectivity index (χ4v) is 2.76. The van der Waals surface area contributed by atoms with Gasteiger partial charge < -0.3 is 19.3 Å². The van der Waals surface area contributed by atoms with Gasteiger partial charge in [-0.05, 0) is 12.3 Å². The molecule has 0 rings (SSSR count). The van der Waals surface area contributed by atoms with Crippen LogP contribution in [-0.2, 0) is 23.2 Å². The summed E-state index contributed by atoms with van der Waals surface area (Å²) in [4.78, 5) is 21.0. The maximum atomic E-state index is 11.8. The summed E-state index contributed by atoms with van der Waals surface area (Å²) in [5.41, 5.74) is 0. The molecule has 2 N–H and O–H groups in total. The lowest BCUT2D eigenvalue weighted by molar-refractivity contribution is -0.140. The van der Waals surface area contributed by atoms with Crippen molar-refractivity contribution in [3.05, 3.63) is 0 Å². The topological polar surface area (TPSA) is 110 Å². The van der Waals surface area contributed by atoms with Crippen molar-refractivity contribution >= 4 is 19.5 Å². The summed E-state index contributed by atoms with van der Waals surface area (Å²) >= 11 is 0. The van der Waals surface area contributed by atoms with E-state index in [9.17, 15) is 14.2 Å². The van der Waals surface area contributed by atoms with Crippen molar-refractivity contribution < 1.29 is 33.4 Å². The fourth-order valence-electron chi connectivity index (χ4n) is 1.37. The van der Waals surface area contributed by atoms with Crippen LogP contribution in [-0.4, -0.2) is 42.5 Å². The summed E-state index contributed by atoms with van der Waals surface area (Å²) in [6.07, 6.45) is -0.409. The largest absolute Gasteiger partial charge is 0.481 e. The van der Waals surface area contributed by atoms with Crippen LogP contribution in [0.2, 0.25) is 0 Å². The Morgan fingerprint density at radius 1 is 1.18 bits per heavy atom. The molecule has 1 unspecified atom stereocenters. The van der Waals surface area contributed by atoms with E-state index in [1.165, 1.54) is 14.2 Å². The molecule has 0 heterocycles. The molecule has 0 aromatic heterocycles. The zero-order chi connectivity index (χ0) is 13.5. The molecule has 0 spiro atoms. The molecule has 17 heavy (non-hydrogen) atoms. The molecule has 100 valence electrons. The lowest BCUT2D eigenvalue weighted by Crippen LogP contribution is -2.15. The molecule has 0 aliphatic heterocycles. The maximum Gasteiger partial charge on any atom is 0.330 e. The van der Waals surface area contributed by atoms with Gasteiger partial charge in [0.15, 0.2) is 0 Å². The summed E-state index contributed by atoms with van der Waals surface area (Å²) < 4.78 is 21.2. The van der Waals surface area contributed by atoms with E-state index in [2.05, 4.69) is 0 Å². The van der Waals surface area contributed by atoms with Gasteiger partial charge in [-0.15, -0.1) is 0 Å². The first-order valence-electron chi connectivity index (χ1n) is 4.97. The normalized spacial score (nSPS) is 13.3. The number of hydrogen-bond acceptors (Lipinski definition) is 5. The zero-order valence-electron chi connectivity index (χ0n) is 9.79. The fraction of sp³-hybridized carbons (Fsp3) is 0.778. The molecule has 1 atom stereocenters. The molecule has 7 nitrogen and oxygen atoms in total. The summed E-state index contributed by atoms with van der Waals surface area (Å²) in [6.45, 7) is 0. The first kappa shape index (κ1) is 16.1. The Labute approximate surface area is 99.3 Å². The zero-order valence-corrected chi connectivity index (χ0v) is 10.7. The summed E-state index contributed by atoms with van der Waals surface area (Å²) in [5, 5.41) is 17.2. The Morgan fingerprint density at radius 3 is 2.06 bits per heavy atom. The SMILES string of the molecule is COP(=O)(CC(CCC(=O)O)CC(=O)O)OC. The smallest absolute Gasteiger partial charge is 0.330 e. The minimum absolute atomic E-state index is 0.0976. The van der Waals surface area contributed by atoms with Gasteiger partial charge in [-0.2, -0.15) is 0 Å². The molecule has 0 saturated heterocycles. The molecule has 0 bridgehead atoms. The van der Waals surface area contributed by atoms with Gasteiger partial charge in [0.1, 0.15) is 0 Å². The highest BCUT2D eigenvalue weighted by molar-refractivity contribution is 7.53. The van der Waals surface area contributed by atoms with Gasteiger partial charge in [-0.25, -0.2) is 0 Å². The molecule has 0 aliphatic carbocycles. The van der Waals surface area contributed by atoms with Crippen LogP contribution in [0.3, 0.4) is 0 Å². The molecule has 0 aromatic rings. The molecule has 0 aromatic carbocycles. The highest BCUT2D eigenvalue weighted by Crippen LogP contribution is 2.49. The lowest BCUT2D eigenvalue weighted by Gasteiger charge is -2.19. The average Bonchev–Trinajstić information content (AvgIpc) is 2.25. The van der Waals surface area contributed by atoms with Crippen LogP contribution < -0.4 is 0 Å². The number of rotatable bonds is 9. The second-order valence-corrected chi connectivity index (χ2v) is 5.87. The highest BCUT2D eigenvalue weighted by atomic mass is 31.2. The van der Waals surface area contributed by atoms with Gasteiger partial charge >= 0.3 is 19.5 Å². The van der Waals surface area contributed by atoms with Gasteiger partial charge in [-0.1, -0.05) is 0 Å². The average molecular weight is 268 g/mol. The van der Waals surface area contributed by atoms with E-state index in [1.54, 1.807) is 0 Å². The van der Waals surface area contributed by atoms with Crippen LogP contribution in [0.15, 0.2) is 0 Å². The third-order valence-corrected chi connectivity index (χ3v) is 4.34. The minimum atomic E-state index is -3.31. The van der Waals surface area contributed by atoms with Crippen molar-refractivity contribution in [3.63, 3.8) is 0 Å². The summed E-state index contributed by atoms with van der Waals surface area (Å²) in [7, 11) is -0.894. The lowest BCUT2D eigenvalue weighted by atomic mass is 10.0. The predicted octanol–water partition coefficient (Wildman–Crippen LogP) is 1.43. The predicted molar refractivity (Wildman–Crippen MR) is 59.1 cm³/mol. The van der Waals surface area contributed by atoms with Crippen LogP contribution in [0.5, 0.6) is 0 Å². The Hall–Kier alpha value is -0.910. The molecule has 0 saturated carbocycles. The van der Waals surface area contributed by atoms with Crippen molar-refractivity contribution in [1.82, 2.24) is 0 Å². The third-order valence-electron chi connectivity index (χ3n) is 2.27. The second-order valence-electron chi connectivity index (χ2n) is 3.55. The molecule has 0 radical (unpaired) electrons. The first-order valence-corrected chi connectivity index (χ1v) is 6.70. The van der Waals surface area contributed by atoms with E-state index in [-0.39, 0.29) is 25.4 Å². The molecule has 0 aliphatic rings. The molecular weight excluding hydrogens is 251 g/mol. The van der Waals surface area contributed by atoms with Crippen LogP contribution in [0.1, 0.15) is 19.3 Å². The van der Waals surface area contributed by atoms with Gasteiger partial charge in [0.2, 0.25) is 0 Å². The first-order chi connectivity index (χ1) is 7.83. The summed E-state index contributed by atoms with van der Waals surface area (Å²) in [5.74, 6) is -2.64. The van der Waals surface area contributed by atoms with E-state index >= 15 is 0 Å². The third kappa shape index (κ3) is 7.10. The van der Waals surface area contributed by atoms with Crippen molar-refractivity contribution in [3.8, 4) is 0 Å². The second kappa shape index (κ2) is 7.42. The maximum absolute atomic E-state index is 11.8. The van der Waals surface area contributed by atoms with Gasteiger partial charge in [0.25, 0.3) is 0 Å². The molecular formula is C9H17O7P. The van der Waals surface area contributed by atoms with Crippen molar-refractivity contribution in [2.45, 2.75) is 19.3 Å². The number of carboxylic acid groups (broad SMARTS) is 2. The minimum Gasteiger partial charge on any atom is -0.481 e. The monoisotopic (exact) mass is 268 g/mol. The Balaban J connectivity index is 4.51. The number of carbonyl (C=O) groups is 2. The van der Waals surface area contributed by atoms with Crippen molar-refractivity contribution in [2.24, 2.45) is 5.92 Å². The Bertz CT molecular complexity index is 306. The van der Waals surface area contributed by atoms with Crippen LogP contribution >= 0.6 is 7.60 Å². The van der Waals surface area contributed by atoms with E-state index in [4.69, 9.17) is 19.3 Å². The Morgan fingerprint density at radius 2 is 1.71 bits per heavy atom. The van der Waals surface area contributed by atoms with Crippen LogP contribution in [0.25, 0.3) is 0 Å². The van der Waals surface area contributed by atoms with Gasteiger partial charge in [-0.3, -0.25) is 14.2 Å². The standard InChI is InChI=1S/C9H17O7P/c1-15-17(14,16-2)6-7(5-9(12)13)3-4-8(10)11/h7H,3-6H2,1-2H3,(H,10,11)(H,12,13). The van der Waals surface area contributed by atoms with Crippen molar-refractivity contribution in [1.29, 1.82) is 0 Å². The molecule has 8 heteroatoms. The van der Waals surface area contributed by atoms with Crippen LogP contribution in [0, 0.1) is 5.92 Å².